The van der Waals surface area contributed by atoms with Gasteiger partial charge in [0.05, 0.1) is 5.02 Å². The number of piperazine rings is 1. The summed E-state index contributed by atoms with van der Waals surface area (Å²) in [5.74, 6) is 2.52. The molecule has 4 heterocycles. The fraction of sp³-hybridized carbons (Fsp3) is 0.250. The van der Waals surface area contributed by atoms with Gasteiger partial charge in [-0.15, -0.1) is 0 Å². The average Bonchev–Trinajstić information content (AvgIpc) is 3.17. The molecule has 0 radical (unpaired) electrons. The van der Waals surface area contributed by atoms with E-state index in [2.05, 4.69) is 29.9 Å². The Hall–Kier alpha value is -2.67. The van der Waals surface area contributed by atoms with Gasteiger partial charge in [-0.05, 0) is 18.2 Å². The molecule has 8 heteroatoms. The second-order valence-electron chi connectivity index (χ2n) is 5.47. The summed E-state index contributed by atoms with van der Waals surface area (Å²) >= 11 is 6.24. The number of aromatic nitrogens is 5. The summed E-state index contributed by atoms with van der Waals surface area (Å²) < 4.78 is 1.73. The Labute approximate surface area is 144 Å². The highest BCUT2D eigenvalue weighted by molar-refractivity contribution is 6.32. The van der Waals surface area contributed by atoms with Crippen molar-refractivity contribution in [1.29, 1.82) is 0 Å². The Morgan fingerprint density at radius 1 is 0.875 bits per heavy atom. The molecule has 4 rings (SSSR count). The molecule has 122 valence electrons. The van der Waals surface area contributed by atoms with Gasteiger partial charge in [-0.1, -0.05) is 11.6 Å². The van der Waals surface area contributed by atoms with E-state index in [-0.39, 0.29) is 0 Å². The van der Waals surface area contributed by atoms with Crippen LogP contribution in [0.2, 0.25) is 5.02 Å². The number of hydrogen-bond donors (Lipinski definition) is 0. The summed E-state index contributed by atoms with van der Waals surface area (Å²) in [5.41, 5.74) is 0. The van der Waals surface area contributed by atoms with Gasteiger partial charge in [0, 0.05) is 50.8 Å². The third-order valence-corrected chi connectivity index (χ3v) is 4.31. The maximum atomic E-state index is 6.24. The standard InChI is InChI=1S/C16H16ClN7/c17-13-3-1-4-18-16(13)23-9-7-22(8-10-23)14-11-15(20-12-19-14)24-6-2-5-21-24/h1-6,11-12H,7-10H2. The van der Waals surface area contributed by atoms with Gasteiger partial charge in [-0.2, -0.15) is 5.10 Å². The lowest BCUT2D eigenvalue weighted by Gasteiger charge is -2.36. The lowest BCUT2D eigenvalue weighted by atomic mass is 10.3. The number of nitrogens with zero attached hydrogens (tertiary/aromatic N) is 7. The molecule has 1 saturated heterocycles. The Balaban J connectivity index is 1.48. The van der Waals surface area contributed by atoms with E-state index < -0.39 is 0 Å². The highest BCUT2D eigenvalue weighted by Gasteiger charge is 2.21. The first kappa shape index (κ1) is 14.9. The summed E-state index contributed by atoms with van der Waals surface area (Å²) in [6.45, 7) is 3.39. The summed E-state index contributed by atoms with van der Waals surface area (Å²) in [6, 6.07) is 7.55. The van der Waals surface area contributed by atoms with E-state index in [1.807, 2.05) is 30.5 Å². The quantitative estimate of drug-likeness (QED) is 0.726. The van der Waals surface area contributed by atoms with Gasteiger partial charge in [0.2, 0.25) is 0 Å². The zero-order valence-corrected chi connectivity index (χ0v) is 13.7. The Morgan fingerprint density at radius 3 is 2.42 bits per heavy atom. The van der Waals surface area contributed by atoms with E-state index in [1.165, 1.54) is 0 Å². The van der Waals surface area contributed by atoms with Gasteiger partial charge in [-0.25, -0.2) is 19.6 Å². The fourth-order valence-corrected chi connectivity index (χ4v) is 3.04. The molecule has 24 heavy (non-hydrogen) atoms. The maximum Gasteiger partial charge on any atom is 0.158 e. The van der Waals surface area contributed by atoms with Crippen LogP contribution in [0.5, 0.6) is 0 Å². The minimum Gasteiger partial charge on any atom is -0.353 e. The summed E-state index contributed by atoms with van der Waals surface area (Å²) in [6.07, 6.45) is 6.95. The smallest absolute Gasteiger partial charge is 0.158 e. The normalized spacial score (nSPS) is 14.9. The largest absolute Gasteiger partial charge is 0.353 e. The number of hydrogen-bond acceptors (Lipinski definition) is 6. The summed E-state index contributed by atoms with van der Waals surface area (Å²) in [5, 5.41) is 4.90. The van der Waals surface area contributed by atoms with E-state index in [0.717, 1.165) is 43.6 Å². The van der Waals surface area contributed by atoms with Crippen LogP contribution in [0.3, 0.4) is 0 Å². The fourth-order valence-electron chi connectivity index (χ4n) is 2.80. The van der Waals surface area contributed by atoms with Gasteiger partial charge >= 0.3 is 0 Å². The van der Waals surface area contributed by atoms with Gasteiger partial charge in [-0.3, -0.25) is 0 Å². The summed E-state index contributed by atoms with van der Waals surface area (Å²) in [7, 11) is 0. The number of pyridine rings is 1. The van der Waals surface area contributed by atoms with Crippen LogP contribution in [0.4, 0.5) is 11.6 Å². The third-order valence-electron chi connectivity index (χ3n) is 4.02. The van der Waals surface area contributed by atoms with E-state index >= 15 is 0 Å². The number of halogens is 1. The molecule has 1 fully saturated rings. The predicted molar refractivity (Wildman–Crippen MR) is 92.8 cm³/mol. The van der Waals surface area contributed by atoms with Crippen LogP contribution >= 0.6 is 11.6 Å². The molecule has 0 saturated carbocycles. The van der Waals surface area contributed by atoms with Crippen LogP contribution in [0.25, 0.3) is 5.82 Å². The molecule has 0 atom stereocenters. The van der Waals surface area contributed by atoms with Gasteiger partial charge in [0.1, 0.15) is 18.0 Å². The molecule has 1 aliphatic heterocycles. The molecule has 0 N–H and O–H groups in total. The van der Waals surface area contributed by atoms with Crippen molar-refractivity contribution in [3.05, 3.63) is 54.2 Å². The maximum absolute atomic E-state index is 6.24. The third kappa shape index (κ3) is 2.90. The van der Waals surface area contributed by atoms with Gasteiger partial charge in [0.15, 0.2) is 5.82 Å². The first-order chi connectivity index (χ1) is 11.8. The average molecular weight is 342 g/mol. The van der Waals surface area contributed by atoms with Crippen LogP contribution in [0.15, 0.2) is 49.2 Å². The molecule has 0 unspecified atom stereocenters. The van der Waals surface area contributed by atoms with E-state index in [1.54, 1.807) is 23.4 Å². The van der Waals surface area contributed by atoms with E-state index in [9.17, 15) is 0 Å². The molecule has 0 amide bonds. The zero-order chi connectivity index (χ0) is 16.4. The first-order valence-corrected chi connectivity index (χ1v) is 8.11. The SMILES string of the molecule is Clc1cccnc1N1CCN(c2cc(-n3cccn3)ncn2)CC1. The molecule has 0 aromatic carbocycles. The second-order valence-corrected chi connectivity index (χ2v) is 5.88. The van der Waals surface area contributed by atoms with Gasteiger partial charge < -0.3 is 9.80 Å². The van der Waals surface area contributed by atoms with Crippen LogP contribution in [-0.2, 0) is 0 Å². The molecular weight excluding hydrogens is 326 g/mol. The van der Waals surface area contributed by atoms with Gasteiger partial charge in [0.25, 0.3) is 0 Å². The molecule has 7 nitrogen and oxygen atoms in total. The molecule has 0 spiro atoms. The van der Waals surface area contributed by atoms with E-state index in [0.29, 0.717) is 5.02 Å². The minimum atomic E-state index is 0.689. The number of rotatable bonds is 3. The Morgan fingerprint density at radius 2 is 1.67 bits per heavy atom. The molecule has 0 bridgehead atoms. The van der Waals surface area contributed by atoms with Crippen molar-refractivity contribution in [2.24, 2.45) is 0 Å². The van der Waals surface area contributed by atoms with Crippen molar-refractivity contribution in [3.8, 4) is 5.82 Å². The predicted octanol–water partition coefficient (Wildman–Crippen LogP) is 2.04. The van der Waals surface area contributed by atoms with Crippen LogP contribution in [0.1, 0.15) is 0 Å². The lowest BCUT2D eigenvalue weighted by molar-refractivity contribution is 0.640. The topological polar surface area (TPSA) is 63.0 Å². The second kappa shape index (κ2) is 6.45. The van der Waals surface area contributed by atoms with Crippen molar-refractivity contribution < 1.29 is 0 Å². The van der Waals surface area contributed by atoms with Crippen molar-refractivity contribution in [2.45, 2.75) is 0 Å². The number of anilines is 2. The molecule has 0 aliphatic carbocycles. The van der Waals surface area contributed by atoms with E-state index in [4.69, 9.17) is 11.6 Å². The van der Waals surface area contributed by atoms with Crippen molar-refractivity contribution in [3.63, 3.8) is 0 Å². The monoisotopic (exact) mass is 341 g/mol. The zero-order valence-electron chi connectivity index (χ0n) is 13.0. The highest BCUT2D eigenvalue weighted by atomic mass is 35.5. The minimum absolute atomic E-state index is 0.689. The Kier molecular flexibility index (Phi) is 4.00. The molecular formula is C16H16ClN7. The Bertz CT molecular complexity index is 813. The molecule has 3 aromatic heterocycles. The van der Waals surface area contributed by atoms with Crippen molar-refractivity contribution in [2.75, 3.05) is 36.0 Å². The first-order valence-electron chi connectivity index (χ1n) is 7.74. The molecule has 3 aromatic rings. The van der Waals surface area contributed by atoms with Crippen LogP contribution in [-0.4, -0.2) is 50.9 Å². The summed E-state index contributed by atoms with van der Waals surface area (Å²) in [4.78, 5) is 17.5. The van der Waals surface area contributed by atoms with Crippen molar-refractivity contribution >= 4 is 23.2 Å². The van der Waals surface area contributed by atoms with Crippen LogP contribution < -0.4 is 9.80 Å². The van der Waals surface area contributed by atoms with Crippen LogP contribution in [0, 0.1) is 0 Å². The van der Waals surface area contributed by atoms with Crippen molar-refractivity contribution in [1.82, 2.24) is 24.7 Å². The lowest BCUT2D eigenvalue weighted by Crippen LogP contribution is -2.47. The molecule has 1 aliphatic rings. The highest BCUT2D eigenvalue weighted by Crippen LogP contribution is 2.24.